The molecule has 0 spiro atoms. The van der Waals surface area contributed by atoms with E-state index in [1.54, 1.807) is 4.90 Å². The Balaban J connectivity index is 2.20. The second kappa shape index (κ2) is 5.32. The second-order valence-corrected chi connectivity index (χ2v) is 4.54. The molecule has 1 saturated heterocycles. The van der Waals surface area contributed by atoms with Crippen molar-refractivity contribution in [1.82, 2.24) is 14.8 Å². The van der Waals surface area contributed by atoms with Crippen LogP contribution in [0.4, 0.5) is 0 Å². The van der Waals surface area contributed by atoms with E-state index in [1.807, 2.05) is 7.05 Å². The molecule has 1 unspecified atom stereocenters. The highest BCUT2D eigenvalue weighted by atomic mass is 16.3. The van der Waals surface area contributed by atoms with Crippen molar-refractivity contribution in [2.45, 2.75) is 6.04 Å². The lowest BCUT2D eigenvalue weighted by Gasteiger charge is -2.39. The van der Waals surface area contributed by atoms with Gasteiger partial charge in [-0.15, -0.1) is 0 Å². The number of hydrogen-bond donors (Lipinski definition) is 2. The molecule has 0 saturated carbocycles. The van der Waals surface area contributed by atoms with Crippen LogP contribution < -0.4 is 5.73 Å². The summed E-state index contributed by atoms with van der Waals surface area (Å²) in [6.45, 7) is 2.61. The maximum Gasteiger partial charge on any atom is 0.258 e. The summed E-state index contributed by atoms with van der Waals surface area (Å²) in [7, 11) is 2.01. The van der Waals surface area contributed by atoms with Gasteiger partial charge < -0.3 is 20.6 Å². The SMILES string of the molecule is CN1CCN(C(=O)c2ccncc2O)C(CN)C1. The molecule has 1 aromatic heterocycles. The Hall–Kier alpha value is -1.66. The summed E-state index contributed by atoms with van der Waals surface area (Å²) in [6, 6.07) is 1.52. The number of aromatic hydroxyl groups is 1. The number of aromatic nitrogens is 1. The van der Waals surface area contributed by atoms with Gasteiger partial charge in [0, 0.05) is 32.4 Å². The average molecular weight is 250 g/mol. The van der Waals surface area contributed by atoms with Gasteiger partial charge >= 0.3 is 0 Å². The first-order chi connectivity index (χ1) is 8.63. The molecule has 2 rings (SSSR count). The molecule has 0 aromatic carbocycles. The summed E-state index contributed by atoms with van der Waals surface area (Å²) >= 11 is 0. The monoisotopic (exact) mass is 250 g/mol. The summed E-state index contributed by atoms with van der Waals surface area (Å²) in [4.78, 5) is 20.0. The summed E-state index contributed by atoms with van der Waals surface area (Å²) in [5, 5.41) is 9.67. The molecule has 1 fully saturated rings. The van der Waals surface area contributed by atoms with Crippen molar-refractivity contribution in [2.75, 3.05) is 33.2 Å². The van der Waals surface area contributed by atoms with E-state index in [-0.39, 0.29) is 23.3 Å². The molecule has 1 amide bonds. The number of nitrogens with zero attached hydrogens (tertiary/aromatic N) is 3. The normalized spacial score (nSPS) is 21.0. The zero-order chi connectivity index (χ0) is 13.1. The fourth-order valence-corrected chi connectivity index (χ4v) is 2.20. The molecule has 6 nitrogen and oxygen atoms in total. The Morgan fingerprint density at radius 3 is 3.06 bits per heavy atom. The molecule has 0 aliphatic carbocycles. The molecule has 1 aliphatic rings. The number of likely N-dealkylation sites (N-methyl/N-ethyl adjacent to an activating group) is 1. The highest BCUT2D eigenvalue weighted by molar-refractivity contribution is 5.96. The van der Waals surface area contributed by atoms with Gasteiger partial charge in [-0.3, -0.25) is 9.78 Å². The van der Waals surface area contributed by atoms with Crippen LogP contribution in [0, 0.1) is 0 Å². The summed E-state index contributed by atoms with van der Waals surface area (Å²) < 4.78 is 0. The zero-order valence-electron chi connectivity index (χ0n) is 10.4. The zero-order valence-corrected chi connectivity index (χ0v) is 10.4. The van der Waals surface area contributed by atoms with Crippen molar-refractivity contribution in [3.63, 3.8) is 0 Å². The summed E-state index contributed by atoms with van der Waals surface area (Å²) in [5.74, 6) is -0.268. The number of pyridine rings is 1. The lowest BCUT2D eigenvalue weighted by Crippen LogP contribution is -2.56. The minimum atomic E-state index is -0.182. The Labute approximate surface area is 106 Å². The van der Waals surface area contributed by atoms with E-state index in [1.165, 1.54) is 18.5 Å². The van der Waals surface area contributed by atoms with Crippen molar-refractivity contribution in [3.05, 3.63) is 24.0 Å². The first kappa shape index (κ1) is 12.8. The third-order valence-electron chi connectivity index (χ3n) is 3.25. The van der Waals surface area contributed by atoms with E-state index >= 15 is 0 Å². The Morgan fingerprint density at radius 1 is 1.61 bits per heavy atom. The molecule has 98 valence electrons. The van der Waals surface area contributed by atoms with Gasteiger partial charge in [0.15, 0.2) is 0 Å². The van der Waals surface area contributed by atoms with Crippen LogP contribution in [0.15, 0.2) is 18.5 Å². The molecule has 1 aliphatic heterocycles. The average Bonchev–Trinajstić information content (AvgIpc) is 2.38. The van der Waals surface area contributed by atoms with Gasteiger partial charge in [-0.2, -0.15) is 0 Å². The predicted molar refractivity (Wildman–Crippen MR) is 67.3 cm³/mol. The number of amides is 1. The van der Waals surface area contributed by atoms with Crippen LogP contribution in [0.5, 0.6) is 5.75 Å². The van der Waals surface area contributed by atoms with Crippen molar-refractivity contribution < 1.29 is 9.90 Å². The fourth-order valence-electron chi connectivity index (χ4n) is 2.20. The Bertz CT molecular complexity index is 438. The van der Waals surface area contributed by atoms with Gasteiger partial charge in [-0.05, 0) is 13.1 Å². The molecule has 6 heteroatoms. The Morgan fingerprint density at radius 2 is 2.39 bits per heavy atom. The first-order valence-electron chi connectivity index (χ1n) is 5.96. The topological polar surface area (TPSA) is 82.7 Å². The smallest absolute Gasteiger partial charge is 0.258 e. The molecular weight excluding hydrogens is 232 g/mol. The van der Waals surface area contributed by atoms with Crippen LogP contribution in [0.25, 0.3) is 0 Å². The maximum absolute atomic E-state index is 12.4. The molecule has 1 aromatic rings. The van der Waals surface area contributed by atoms with Gasteiger partial charge in [0.2, 0.25) is 0 Å². The van der Waals surface area contributed by atoms with E-state index < -0.39 is 0 Å². The van der Waals surface area contributed by atoms with Crippen molar-refractivity contribution in [3.8, 4) is 5.75 Å². The molecule has 1 atom stereocenters. The largest absolute Gasteiger partial charge is 0.505 e. The fraction of sp³-hybridized carbons (Fsp3) is 0.500. The molecule has 2 heterocycles. The van der Waals surface area contributed by atoms with Crippen molar-refractivity contribution in [1.29, 1.82) is 0 Å². The van der Waals surface area contributed by atoms with E-state index in [2.05, 4.69) is 9.88 Å². The van der Waals surface area contributed by atoms with Gasteiger partial charge in [0.25, 0.3) is 5.91 Å². The molecule has 0 radical (unpaired) electrons. The quantitative estimate of drug-likeness (QED) is 0.739. The molecule has 18 heavy (non-hydrogen) atoms. The number of carbonyl (C=O) groups is 1. The Kier molecular flexibility index (Phi) is 3.78. The molecule has 0 bridgehead atoms. The van der Waals surface area contributed by atoms with Crippen molar-refractivity contribution >= 4 is 5.91 Å². The first-order valence-corrected chi connectivity index (χ1v) is 5.96. The van der Waals surface area contributed by atoms with Crippen LogP contribution in [-0.2, 0) is 0 Å². The number of nitrogens with two attached hydrogens (primary N) is 1. The third-order valence-corrected chi connectivity index (χ3v) is 3.25. The lowest BCUT2D eigenvalue weighted by molar-refractivity contribution is 0.0513. The molecule has 3 N–H and O–H groups in total. The lowest BCUT2D eigenvalue weighted by atomic mass is 10.1. The van der Waals surface area contributed by atoms with Crippen LogP contribution in [0.1, 0.15) is 10.4 Å². The predicted octanol–water partition coefficient (Wildman–Crippen LogP) is -0.498. The van der Waals surface area contributed by atoms with Crippen LogP contribution >= 0.6 is 0 Å². The number of hydrogen-bond acceptors (Lipinski definition) is 5. The van der Waals surface area contributed by atoms with Crippen molar-refractivity contribution in [2.24, 2.45) is 5.73 Å². The number of carbonyl (C=O) groups excluding carboxylic acids is 1. The maximum atomic E-state index is 12.4. The summed E-state index contributed by atoms with van der Waals surface area (Å²) in [6.07, 6.45) is 2.78. The van der Waals surface area contributed by atoms with Gasteiger partial charge in [0.1, 0.15) is 5.75 Å². The van der Waals surface area contributed by atoms with Gasteiger partial charge in [-0.25, -0.2) is 0 Å². The highest BCUT2D eigenvalue weighted by Gasteiger charge is 2.29. The van der Waals surface area contributed by atoms with E-state index in [0.717, 1.165) is 13.1 Å². The number of piperazine rings is 1. The number of rotatable bonds is 2. The minimum absolute atomic E-state index is 0.0104. The third kappa shape index (κ3) is 2.44. The van der Waals surface area contributed by atoms with E-state index in [4.69, 9.17) is 5.73 Å². The minimum Gasteiger partial charge on any atom is -0.505 e. The second-order valence-electron chi connectivity index (χ2n) is 4.54. The molecular formula is C12H18N4O2. The van der Waals surface area contributed by atoms with Crippen LogP contribution in [0.3, 0.4) is 0 Å². The highest BCUT2D eigenvalue weighted by Crippen LogP contribution is 2.19. The van der Waals surface area contributed by atoms with Crippen LogP contribution in [0.2, 0.25) is 0 Å². The van der Waals surface area contributed by atoms with Crippen LogP contribution in [-0.4, -0.2) is 65.1 Å². The van der Waals surface area contributed by atoms with E-state index in [0.29, 0.717) is 13.1 Å². The standard InChI is InChI=1S/C12H18N4O2/c1-15-4-5-16(9(6-13)8-15)12(18)10-2-3-14-7-11(10)17/h2-3,7,9,17H,4-6,8,13H2,1H3. The summed E-state index contributed by atoms with van der Waals surface area (Å²) in [5.41, 5.74) is 6.00. The van der Waals surface area contributed by atoms with Gasteiger partial charge in [0.05, 0.1) is 17.8 Å². The van der Waals surface area contributed by atoms with Gasteiger partial charge in [-0.1, -0.05) is 0 Å². The van der Waals surface area contributed by atoms with E-state index in [9.17, 15) is 9.90 Å².